The van der Waals surface area contributed by atoms with Gasteiger partial charge in [-0.15, -0.1) is 0 Å². The number of hydrogen-bond acceptors (Lipinski definition) is 2. The minimum absolute atomic E-state index is 0.119. The molecule has 0 fully saturated rings. The molecule has 0 aliphatic carbocycles. The molecule has 0 aliphatic rings. The summed E-state index contributed by atoms with van der Waals surface area (Å²) < 4.78 is 26.5. The number of hydrogen-bond donors (Lipinski definition) is 0. The van der Waals surface area contributed by atoms with E-state index in [9.17, 15) is 8.78 Å². The molecule has 0 unspecified atom stereocenters. The number of nitrogens with zero attached hydrogens (tertiary/aromatic N) is 1. The van der Waals surface area contributed by atoms with Gasteiger partial charge >= 0.3 is 0 Å². The normalized spacial score (nSPS) is 10.1. The van der Waals surface area contributed by atoms with E-state index in [1.807, 2.05) is 6.07 Å². The molecule has 0 aromatic heterocycles. The molecule has 2 rings (SSSR count). The Bertz CT molecular complexity index is 637. The predicted octanol–water partition coefficient (Wildman–Crippen LogP) is 4.64. The first-order chi connectivity index (χ1) is 8.61. The average molecular weight is 282 g/mol. The summed E-state index contributed by atoms with van der Waals surface area (Å²) in [5.74, 6) is -1.07. The van der Waals surface area contributed by atoms with Crippen LogP contribution in [0.3, 0.4) is 0 Å². The van der Waals surface area contributed by atoms with Gasteiger partial charge in [0.25, 0.3) is 0 Å². The Balaban J connectivity index is 2.44. The maximum Gasteiger partial charge on any atom is 0.137 e. The van der Waals surface area contributed by atoms with Crippen molar-refractivity contribution in [1.29, 1.82) is 5.26 Å². The molecule has 0 saturated heterocycles. The molecule has 2 aromatic carbocycles. The van der Waals surface area contributed by atoms with E-state index in [2.05, 4.69) is 0 Å². The SMILES string of the molecule is N#Cc1c(Cl)cccc1Sc1cc(F)ccc1F. The minimum atomic E-state index is -0.537. The Morgan fingerprint density at radius 2 is 1.89 bits per heavy atom. The molecule has 90 valence electrons. The van der Waals surface area contributed by atoms with Crippen molar-refractivity contribution in [1.82, 2.24) is 0 Å². The van der Waals surface area contributed by atoms with E-state index in [1.165, 1.54) is 0 Å². The van der Waals surface area contributed by atoms with Crippen LogP contribution in [-0.4, -0.2) is 0 Å². The van der Waals surface area contributed by atoms with Crippen LogP contribution in [0.15, 0.2) is 46.2 Å². The lowest BCUT2D eigenvalue weighted by molar-refractivity contribution is 0.577. The van der Waals surface area contributed by atoms with Gasteiger partial charge in [-0.25, -0.2) is 8.78 Å². The summed E-state index contributed by atoms with van der Waals surface area (Å²) in [6.07, 6.45) is 0. The van der Waals surface area contributed by atoms with E-state index < -0.39 is 11.6 Å². The van der Waals surface area contributed by atoms with Gasteiger partial charge in [-0.2, -0.15) is 5.26 Å². The zero-order valence-electron chi connectivity index (χ0n) is 8.95. The van der Waals surface area contributed by atoms with Crippen LogP contribution in [-0.2, 0) is 0 Å². The van der Waals surface area contributed by atoms with Crippen LogP contribution in [0.25, 0.3) is 0 Å². The van der Waals surface area contributed by atoms with Crippen LogP contribution in [0.5, 0.6) is 0 Å². The van der Waals surface area contributed by atoms with Gasteiger partial charge in [0.05, 0.1) is 15.5 Å². The van der Waals surface area contributed by atoms with Crippen LogP contribution >= 0.6 is 23.4 Å². The largest absolute Gasteiger partial charge is 0.207 e. The fourth-order valence-corrected chi connectivity index (χ4v) is 2.62. The molecular weight excluding hydrogens is 276 g/mol. The Labute approximate surface area is 112 Å². The first kappa shape index (κ1) is 12.9. The molecule has 1 nitrogen and oxygen atoms in total. The molecule has 0 heterocycles. The standard InChI is InChI=1S/C13H6ClF2NS/c14-10-2-1-3-12(9(10)7-17)18-13-6-8(15)4-5-11(13)16/h1-6H. The summed E-state index contributed by atoms with van der Waals surface area (Å²) in [7, 11) is 0. The second-order valence-corrected chi connectivity index (χ2v) is 4.89. The van der Waals surface area contributed by atoms with Crippen molar-refractivity contribution in [3.63, 3.8) is 0 Å². The van der Waals surface area contributed by atoms with Gasteiger partial charge in [0, 0.05) is 4.90 Å². The monoisotopic (exact) mass is 281 g/mol. The fraction of sp³-hybridized carbons (Fsp3) is 0. The van der Waals surface area contributed by atoms with Gasteiger partial charge in [-0.05, 0) is 30.3 Å². The summed E-state index contributed by atoms with van der Waals surface area (Å²) in [6, 6.07) is 10.00. The number of halogens is 3. The molecule has 5 heteroatoms. The van der Waals surface area contributed by atoms with E-state index in [-0.39, 0.29) is 10.5 Å². The van der Waals surface area contributed by atoms with E-state index in [1.54, 1.807) is 18.2 Å². The third-order valence-electron chi connectivity index (χ3n) is 2.20. The van der Waals surface area contributed by atoms with Crippen LogP contribution in [0, 0.1) is 23.0 Å². The Morgan fingerprint density at radius 3 is 2.61 bits per heavy atom. The lowest BCUT2D eigenvalue weighted by atomic mass is 10.2. The van der Waals surface area contributed by atoms with Crippen molar-refractivity contribution in [2.45, 2.75) is 9.79 Å². The number of nitriles is 1. The molecule has 0 bridgehead atoms. The molecule has 0 atom stereocenters. The summed E-state index contributed by atoms with van der Waals surface area (Å²) in [6.45, 7) is 0. The first-order valence-corrected chi connectivity index (χ1v) is 6.13. The third-order valence-corrected chi connectivity index (χ3v) is 3.61. The van der Waals surface area contributed by atoms with Gasteiger partial charge < -0.3 is 0 Å². The molecule has 0 N–H and O–H groups in total. The summed E-state index contributed by atoms with van der Waals surface area (Å²) in [5, 5.41) is 9.28. The van der Waals surface area contributed by atoms with Crippen molar-refractivity contribution < 1.29 is 8.78 Å². The maximum atomic E-state index is 13.5. The van der Waals surface area contributed by atoms with E-state index in [4.69, 9.17) is 16.9 Å². The average Bonchev–Trinajstić information content (AvgIpc) is 2.34. The highest BCUT2D eigenvalue weighted by Gasteiger charge is 2.11. The fourth-order valence-electron chi connectivity index (χ4n) is 1.37. The quantitative estimate of drug-likeness (QED) is 0.800. The molecule has 0 aliphatic heterocycles. The Kier molecular flexibility index (Phi) is 3.85. The second-order valence-electron chi connectivity index (χ2n) is 3.40. The lowest BCUT2D eigenvalue weighted by Crippen LogP contribution is -1.86. The number of rotatable bonds is 2. The summed E-state index contributed by atoms with van der Waals surface area (Å²) in [5.41, 5.74) is 0.257. The van der Waals surface area contributed by atoms with Gasteiger partial charge in [-0.3, -0.25) is 0 Å². The molecule has 0 amide bonds. The number of benzene rings is 2. The topological polar surface area (TPSA) is 23.8 Å². The summed E-state index contributed by atoms with van der Waals surface area (Å²) in [4.78, 5) is 0.614. The smallest absolute Gasteiger partial charge is 0.137 e. The van der Waals surface area contributed by atoms with Crippen molar-refractivity contribution in [2.75, 3.05) is 0 Å². The predicted molar refractivity (Wildman–Crippen MR) is 66.6 cm³/mol. The zero-order valence-corrected chi connectivity index (χ0v) is 10.5. The van der Waals surface area contributed by atoms with E-state index in [0.717, 1.165) is 30.0 Å². The van der Waals surface area contributed by atoms with Crippen molar-refractivity contribution in [3.05, 3.63) is 58.6 Å². The zero-order chi connectivity index (χ0) is 13.1. The van der Waals surface area contributed by atoms with Crippen molar-refractivity contribution in [3.8, 4) is 6.07 Å². The first-order valence-electron chi connectivity index (χ1n) is 4.93. The van der Waals surface area contributed by atoms with Gasteiger partial charge in [0.2, 0.25) is 0 Å². The van der Waals surface area contributed by atoms with Crippen LogP contribution in [0.2, 0.25) is 5.02 Å². The Hall–Kier alpha value is -1.57. The van der Waals surface area contributed by atoms with Gasteiger partial charge in [0.15, 0.2) is 0 Å². The molecule has 0 radical (unpaired) electrons. The summed E-state index contributed by atoms with van der Waals surface area (Å²) >= 11 is 6.83. The third kappa shape index (κ3) is 2.63. The highest BCUT2D eigenvalue weighted by atomic mass is 35.5. The molecule has 2 aromatic rings. The van der Waals surface area contributed by atoms with Crippen molar-refractivity contribution in [2.24, 2.45) is 0 Å². The minimum Gasteiger partial charge on any atom is -0.207 e. The van der Waals surface area contributed by atoms with E-state index in [0.29, 0.717) is 9.92 Å². The van der Waals surface area contributed by atoms with Crippen LogP contribution < -0.4 is 0 Å². The maximum absolute atomic E-state index is 13.5. The highest BCUT2D eigenvalue weighted by molar-refractivity contribution is 7.99. The highest BCUT2D eigenvalue weighted by Crippen LogP contribution is 2.34. The van der Waals surface area contributed by atoms with Crippen molar-refractivity contribution >= 4 is 23.4 Å². The van der Waals surface area contributed by atoms with E-state index >= 15 is 0 Å². The molecule has 0 saturated carbocycles. The molecule has 0 spiro atoms. The molecule has 18 heavy (non-hydrogen) atoms. The van der Waals surface area contributed by atoms with Crippen LogP contribution in [0.1, 0.15) is 5.56 Å². The van der Waals surface area contributed by atoms with Gasteiger partial charge in [-0.1, -0.05) is 29.4 Å². The van der Waals surface area contributed by atoms with Crippen LogP contribution in [0.4, 0.5) is 8.78 Å². The lowest BCUT2D eigenvalue weighted by Gasteiger charge is -2.06. The van der Waals surface area contributed by atoms with Gasteiger partial charge in [0.1, 0.15) is 17.7 Å². The Morgan fingerprint density at radius 1 is 1.11 bits per heavy atom. The molecular formula is C13H6ClF2NS. The second kappa shape index (κ2) is 5.38.